The van der Waals surface area contributed by atoms with Crippen molar-refractivity contribution in [1.29, 1.82) is 0 Å². The summed E-state index contributed by atoms with van der Waals surface area (Å²) >= 11 is 6.22. The molecule has 0 aliphatic carbocycles. The maximum absolute atomic E-state index is 9.47. The van der Waals surface area contributed by atoms with Gasteiger partial charge in [-0.2, -0.15) is 0 Å². The van der Waals surface area contributed by atoms with Crippen LogP contribution in [0.3, 0.4) is 0 Å². The molecule has 1 unspecified atom stereocenters. The summed E-state index contributed by atoms with van der Waals surface area (Å²) < 4.78 is 0. The fourth-order valence-corrected chi connectivity index (χ4v) is 1.90. The van der Waals surface area contributed by atoms with Crippen LogP contribution in [-0.4, -0.2) is 44.2 Å². The lowest BCUT2D eigenvalue weighted by molar-refractivity contribution is 0.199. The molecule has 0 saturated heterocycles. The van der Waals surface area contributed by atoms with E-state index in [1.807, 2.05) is 39.3 Å². The van der Waals surface area contributed by atoms with Gasteiger partial charge in [-0.25, -0.2) is 0 Å². The molecule has 1 atom stereocenters. The van der Waals surface area contributed by atoms with Crippen molar-refractivity contribution >= 4 is 17.3 Å². The maximum Gasteiger partial charge on any atom is 0.0762 e. The largest absolute Gasteiger partial charge is 0.389 e. The summed E-state index contributed by atoms with van der Waals surface area (Å²) in [6.07, 6.45) is -0.478. The topological polar surface area (TPSA) is 26.7 Å². The molecule has 0 aliphatic heterocycles. The number of likely N-dealkylation sites (N-methyl/N-ethyl adjacent to an activating group) is 2. The third-order valence-electron chi connectivity index (χ3n) is 2.75. The van der Waals surface area contributed by atoms with E-state index in [1.165, 1.54) is 0 Å². The van der Waals surface area contributed by atoms with Gasteiger partial charge in [0.1, 0.15) is 0 Å². The highest BCUT2D eigenvalue weighted by Gasteiger charge is 2.09. The average Bonchev–Trinajstić information content (AvgIpc) is 2.25. The molecule has 0 bridgehead atoms. The maximum atomic E-state index is 9.47. The standard InChI is InChI=1S/C13H21ClN2O/c1-10(17)11-5-6-13(12(14)9-11)16(4)8-7-15(2)3/h5-6,9-10,17H,7-8H2,1-4H3. The van der Waals surface area contributed by atoms with Crippen LogP contribution in [0.1, 0.15) is 18.6 Å². The Morgan fingerprint density at radius 3 is 2.35 bits per heavy atom. The number of rotatable bonds is 5. The molecule has 3 nitrogen and oxygen atoms in total. The number of hydrogen-bond acceptors (Lipinski definition) is 3. The van der Waals surface area contributed by atoms with Crippen molar-refractivity contribution in [3.63, 3.8) is 0 Å². The minimum atomic E-state index is -0.478. The molecule has 0 spiro atoms. The van der Waals surface area contributed by atoms with E-state index in [1.54, 1.807) is 6.92 Å². The first-order chi connectivity index (χ1) is 7.91. The van der Waals surface area contributed by atoms with Crippen LogP contribution in [0.4, 0.5) is 5.69 Å². The van der Waals surface area contributed by atoms with E-state index in [9.17, 15) is 5.11 Å². The molecule has 17 heavy (non-hydrogen) atoms. The van der Waals surface area contributed by atoms with E-state index in [0.717, 1.165) is 24.3 Å². The summed E-state index contributed by atoms with van der Waals surface area (Å²) in [6, 6.07) is 5.70. The Kier molecular flexibility index (Phi) is 5.25. The third-order valence-corrected chi connectivity index (χ3v) is 3.05. The summed E-state index contributed by atoms with van der Waals surface area (Å²) in [7, 11) is 6.12. The Balaban J connectivity index is 2.77. The van der Waals surface area contributed by atoms with Gasteiger partial charge in [-0.3, -0.25) is 0 Å². The first kappa shape index (κ1) is 14.3. The van der Waals surface area contributed by atoms with Gasteiger partial charge in [0.2, 0.25) is 0 Å². The summed E-state index contributed by atoms with van der Waals surface area (Å²) in [5, 5.41) is 10.2. The molecular weight excluding hydrogens is 236 g/mol. The fraction of sp³-hybridized carbons (Fsp3) is 0.538. The molecule has 0 saturated carbocycles. The number of aliphatic hydroxyl groups is 1. The predicted molar refractivity (Wildman–Crippen MR) is 73.9 cm³/mol. The van der Waals surface area contributed by atoms with Crippen molar-refractivity contribution < 1.29 is 5.11 Å². The van der Waals surface area contributed by atoms with Crippen LogP contribution >= 0.6 is 11.6 Å². The Labute approximate surface area is 109 Å². The zero-order valence-electron chi connectivity index (χ0n) is 10.9. The van der Waals surface area contributed by atoms with Crippen molar-refractivity contribution in [2.75, 3.05) is 39.1 Å². The molecule has 0 heterocycles. The first-order valence-electron chi connectivity index (χ1n) is 5.75. The van der Waals surface area contributed by atoms with Crippen LogP contribution in [0.5, 0.6) is 0 Å². The van der Waals surface area contributed by atoms with E-state index >= 15 is 0 Å². The zero-order valence-corrected chi connectivity index (χ0v) is 11.7. The molecule has 1 aromatic carbocycles. The van der Waals surface area contributed by atoms with Crippen molar-refractivity contribution in [3.05, 3.63) is 28.8 Å². The van der Waals surface area contributed by atoms with E-state index in [-0.39, 0.29) is 0 Å². The molecule has 0 aliphatic rings. The number of halogens is 1. The Bertz CT molecular complexity index is 366. The number of benzene rings is 1. The predicted octanol–water partition coefficient (Wildman–Crippen LogP) is 2.39. The Morgan fingerprint density at radius 2 is 1.88 bits per heavy atom. The van der Waals surface area contributed by atoms with Crippen LogP contribution in [0.2, 0.25) is 5.02 Å². The van der Waals surface area contributed by atoms with Gasteiger partial charge in [0.25, 0.3) is 0 Å². The lowest BCUT2D eigenvalue weighted by Gasteiger charge is -2.23. The van der Waals surface area contributed by atoms with Crippen LogP contribution in [0.25, 0.3) is 0 Å². The molecule has 96 valence electrons. The number of nitrogens with zero attached hydrogens (tertiary/aromatic N) is 2. The lowest BCUT2D eigenvalue weighted by Crippen LogP contribution is -2.28. The highest BCUT2D eigenvalue weighted by atomic mass is 35.5. The summed E-state index contributed by atoms with van der Waals surface area (Å²) in [5.41, 5.74) is 1.85. The number of anilines is 1. The van der Waals surface area contributed by atoms with Gasteiger partial charge in [-0.1, -0.05) is 17.7 Å². The normalized spacial score (nSPS) is 12.9. The Morgan fingerprint density at radius 1 is 1.24 bits per heavy atom. The first-order valence-corrected chi connectivity index (χ1v) is 6.13. The average molecular weight is 257 g/mol. The number of hydrogen-bond donors (Lipinski definition) is 1. The van der Waals surface area contributed by atoms with Crippen LogP contribution in [-0.2, 0) is 0 Å². The molecule has 0 fully saturated rings. The second-order valence-electron chi connectivity index (χ2n) is 4.61. The minimum Gasteiger partial charge on any atom is -0.389 e. The van der Waals surface area contributed by atoms with E-state index in [4.69, 9.17) is 11.6 Å². The van der Waals surface area contributed by atoms with E-state index in [0.29, 0.717) is 5.02 Å². The molecule has 4 heteroatoms. The van der Waals surface area contributed by atoms with Gasteiger partial charge >= 0.3 is 0 Å². The zero-order chi connectivity index (χ0) is 13.0. The van der Waals surface area contributed by atoms with Gasteiger partial charge < -0.3 is 14.9 Å². The quantitative estimate of drug-likeness (QED) is 0.876. The second-order valence-corrected chi connectivity index (χ2v) is 5.02. The van der Waals surface area contributed by atoms with Gasteiger partial charge in [-0.05, 0) is 38.7 Å². The van der Waals surface area contributed by atoms with Gasteiger partial charge in [0.15, 0.2) is 0 Å². The van der Waals surface area contributed by atoms with Crippen LogP contribution in [0, 0.1) is 0 Å². The molecule has 1 aromatic rings. The molecule has 0 radical (unpaired) electrons. The monoisotopic (exact) mass is 256 g/mol. The molecule has 0 aromatic heterocycles. The van der Waals surface area contributed by atoms with Gasteiger partial charge in [-0.15, -0.1) is 0 Å². The van der Waals surface area contributed by atoms with Crippen molar-refractivity contribution in [3.8, 4) is 0 Å². The highest BCUT2D eigenvalue weighted by molar-refractivity contribution is 6.33. The summed E-state index contributed by atoms with van der Waals surface area (Å²) in [6.45, 7) is 3.63. The van der Waals surface area contributed by atoms with E-state index in [2.05, 4.69) is 9.80 Å². The highest BCUT2D eigenvalue weighted by Crippen LogP contribution is 2.28. The van der Waals surface area contributed by atoms with Gasteiger partial charge in [0, 0.05) is 20.1 Å². The van der Waals surface area contributed by atoms with Crippen molar-refractivity contribution in [2.24, 2.45) is 0 Å². The fourth-order valence-electron chi connectivity index (χ4n) is 1.56. The van der Waals surface area contributed by atoms with Crippen LogP contribution < -0.4 is 4.90 Å². The van der Waals surface area contributed by atoms with E-state index < -0.39 is 6.10 Å². The minimum absolute atomic E-state index is 0.478. The van der Waals surface area contributed by atoms with Crippen LogP contribution in [0.15, 0.2) is 18.2 Å². The SMILES string of the molecule is CC(O)c1ccc(N(C)CCN(C)C)c(Cl)c1. The molecule has 0 amide bonds. The smallest absolute Gasteiger partial charge is 0.0762 e. The number of aliphatic hydroxyl groups excluding tert-OH is 1. The lowest BCUT2D eigenvalue weighted by atomic mass is 10.1. The molecular formula is C13H21ClN2O. The molecule has 1 N–H and O–H groups in total. The van der Waals surface area contributed by atoms with Crippen molar-refractivity contribution in [2.45, 2.75) is 13.0 Å². The summed E-state index contributed by atoms with van der Waals surface area (Å²) in [4.78, 5) is 4.25. The Hall–Kier alpha value is -0.770. The molecule has 1 rings (SSSR count). The third kappa shape index (κ3) is 4.19. The second kappa shape index (κ2) is 6.24. The summed E-state index contributed by atoms with van der Waals surface area (Å²) in [5.74, 6) is 0. The van der Waals surface area contributed by atoms with Gasteiger partial charge in [0.05, 0.1) is 16.8 Å². The van der Waals surface area contributed by atoms with Crippen molar-refractivity contribution in [1.82, 2.24) is 4.90 Å².